The van der Waals surface area contributed by atoms with Crippen molar-refractivity contribution in [1.82, 2.24) is 0 Å². The highest BCUT2D eigenvalue weighted by molar-refractivity contribution is 5.86. The van der Waals surface area contributed by atoms with Gasteiger partial charge in [0.05, 0.1) is 17.6 Å². The van der Waals surface area contributed by atoms with Crippen LogP contribution in [-0.2, 0) is 0 Å². The van der Waals surface area contributed by atoms with Crippen LogP contribution in [0.1, 0.15) is 28.5 Å². The standard InChI is InChI=1S/C21H19NO3/c1-12-7-8-18-14(9-12)20-19(21(23)25-18)15-10-22(2)17-6-4-3-5-13(17)16(15)11-24-20/h3-9,15-16H,10-11H2,1-2H3/t15-,16-/m1/s1. The topological polar surface area (TPSA) is 42.7 Å². The summed E-state index contributed by atoms with van der Waals surface area (Å²) >= 11 is 0. The maximum absolute atomic E-state index is 12.8. The van der Waals surface area contributed by atoms with Gasteiger partial charge in [-0.3, -0.25) is 0 Å². The average molecular weight is 333 g/mol. The Hall–Kier alpha value is -2.75. The van der Waals surface area contributed by atoms with Crippen LogP contribution in [0.25, 0.3) is 11.0 Å². The predicted octanol–water partition coefficient (Wildman–Crippen LogP) is 3.81. The van der Waals surface area contributed by atoms with Gasteiger partial charge in [0.1, 0.15) is 11.3 Å². The second-order valence-electron chi connectivity index (χ2n) is 7.10. The van der Waals surface area contributed by atoms with Gasteiger partial charge in [-0.05, 0) is 30.7 Å². The van der Waals surface area contributed by atoms with Gasteiger partial charge in [0, 0.05) is 31.1 Å². The van der Waals surface area contributed by atoms with Gasteiger partial charge in [-0.25, -0.2) is 4.79 Å². The molecule has 5 rings (SSSR count). The van der Waals surface area contributed by atoms with Crippen molar-refractivity contribution < 1.29 is 9.15 Å². The van der Waals surface area contributed by atoms with E-state index in [9.17, 15) is 4.79 Å². The molecule has 25 heavy (non-hydrogen) atoms. The molecule has 4 heteroatoms. The van der Waals surface area contributed by atoms with E-state index in [1.54, 1.807) is 0 Å². The van der Waals surface area contributed by atoms with Crippen LogP contribution in [0.2, 0.25) is 0 Å². The third-order valence-electron chi connectivity index (χ3n) is 5.53. The zero-order valence-electron chi connectivity index (χ0n) is 14.3. The number of anilines is 1. The van der Waals surface area contributed by atoms with Gasteiger partial charge in [-0.2, -0.15) is 0 Å². The van der Waals surface area contributed by atoms with E-state index < -0.39 is 0 Å². The largest absolute Gasteiger partial charge is 0.492 e. The van der Waals surface area contributed by atoms with Crippen LogP contribution in [0.15, 0.2) is 51.7 Å². The van der Waals surface area contributed by atoms with E-state index in [-0.39, 0.29) is 17.5 Å². The molecule has 0 bridgehead atoms. The summed E-state index contributed by atoms with van der Waals surface area (Å²) in [4.78, 5) is 15.0. The zero-order chi connectivity index (χ0) is 17.1. The van der Waals surface area contributed by atoms with Gasteiger partial charge >= 0.3 is 5.63 Å². The molecule has 0 radical (unpaired) electrons. The van der Waals surface area contributed by atoms with E-state index in [0.717, 1.165) is 17.5 Å². The summed E-state index contributed by atoms with van der Waals surface area (Å²) in [6.45, 7) is 3.42. The van der Waals surface area contributed by atoms with Crippen LogP contribution < -0.4 is 15.3 Å². The second kappa shape index (κ2) is 5.12. The summed E-state index contributed by atoms with van der Waals surface area (Å²) in [5, 5.41) is 0.898. The van der Waals surface area contributed by atoms with Crippen LogP contribution in [0.3, 0.4) is 0 Å². The van der Waals surface area contributed by atoms with Crippen LogP contribution >= 0.6 is 0 Å². The minimum Gasteiger partial charge on any atom is -0.492 e. The molecule has 0 aliphatic carbocycles. The van der Waals surface area contributed by atoms with Crippen molar-refractivity contribution in [1.29, 1.82) is 0 Å². The minimum atomic E-state index is -0.270. The third kappa shape index (κ3) is 2.03. The molecular formula is C21H19NO3. The summed E-state index contributed by atoms with van der Waals surface area (Å²) in [7, 11) is 2.08. The minimum absolute atomic E-state index is 0.0878. The average Bonchev–Trinajstić information content (AvgIpc) is 2.62. The first kappa shape index (κ1) is 14.6. The fourth-order valence-electron chi connectivity index (χ4n) is 4.34. The van der Waals surface area contributed by atoms with E-state index in [4.69, 9.17) is 9.15 Å². The van der Waals surface area contributed by atoms with Gasteiger partial charge in [0.25, 0.3) is 0 Å². The maximum Gasteiger partial charge on any atom is 0.343 e. The molecule has 126 valence electrons. The lowest BCUT2D eigenvalue weighted by Crippen LogP contribution is -2.40. The van der Waals surface area contributed by atoms with Crippen molar-refractivity contribution >= 4 is 16.7 Å². The molecule has 0 N–H and O–H groups in total. The van der Waals surface area contributed by atoms with Gasteiger partial charge in [-0.1, -0.05) is 29.8 Å². The number of hydrogen-bond donors (Lipinski definition) is 0. The summed E-state index contributed by atoms with van der Waals surface area (Å²) in [5.41, 5.74) is 4.61. The lowest BCUT2D eigenvalue weighted by Gasteiger charge is -2.42. The molecule has 0 amide bonds. The van der Waals surface area contributed by atoms with Crippen molar-refractivity contribution in [2.45, 2.75) is 18.8 Å². The molecule has 0 saturated carbocycles. The van der Waals surface area contributed by atoms with Crippen LogP contribution in [-0.4, -0.2) is 20.2 Å². The van der Waals surface area contributed by atoms with E-state index in [0.29, 0.717) is 23.5 Å². The monoisotopic (exact) mass is 333 g/mol. The molecule has 2 atom stereocenters. The first-order chi connectivity index (χ1) is 12.1. The highest BCUT2D eigenvalue weighted by Gasteiger charge is 2.41. The molecule has 0 fully saturated rings. The fraction of sp³-hybridized carbons (Fsp3) is 0.286. The Kier molecular flexibility index (Phi) is 2.99. The lowest BCUT2D eigenvalue weighted by atomic mass is 9.76. The Bertz CT molecular complexity index is 1050. The number of nitrogens with zero attached hydrogens (tertiary/aromatic N) is 1. The highest BCUT2D eigenvalue weighted by atomic mass is 16.5. The molecule has 2 aromatic carbocycles. The Morgan fingerprint density at radius 1 is 1.12 bits per heavy atom. The van der Waals surface area contributed by atoms with E-state index >= 15 is 0 Å². The number of hydrogen-bond acceptors (Lipinski definition) is 4. The predicted molar refractivity (Wildman–Crippen MR) is 97.9 cm³/mol. The quantitative estimate of drug-likeness (QED) is 0.587. The number of likely N-dealkylation sites (N-methyl/N-ethyl adjacent to an activating group) is 1. The smallest absolute Gasteiger partial charge is 0.343 e. The molecule has 4 nitrogen and oxygen atoms in total. The molecule has 2 aliphatic rings. The summed E-state index contributed by atoms with van der Waals surface area (Å²) in [5.74, 6) is 0.985. The van der Waals surface area contributed by atoms with E-state index in [1.807, 2.05) is 25.1 Å². The Morgan fingerprint density at radius 2 is 1.96 bits per heavy atom. The van der Waals surface area contributed by atoms with Crippen molar-refractivity contribution in [3.63, 3.8) is 0 Å². The number of para-hydroxylation sites is 1. The molecule has 0 saturated heterocycles. The maximum atomic E-state index is 12.8. The molecule has 0 spiro atoms. The third-order valence-corrected chi connectivity index (χ3v) is 5.53. The number of benzene rings is 2. The number of ether oxygens (including phenoxy) is 1. The van der Waals surface area contributed by atoms with Crippen LogP contribution in [0.5, 0.6) is 5.75 Å². The first-order valence-electron chi connectivity index (χ1n) is 8.63. The van der Waals surface area contributed by atoms with E-state index in [1.165, 1.54) is 11.3 Å². The lowest BCUT2D eigenvalue weighted by molar-refractivity contribution is 0.232. The fourth-order valence-corrected chi connectivity index (χ4v) is 4.34. The molecule has 0 unspecified atom stereocenters. The Balaban J connectivity index is 1.76. The first-order valence-corrected chi connectivity index (χ1v) is 8.63. The zero-order valence-corrected chi connectivity index (χ0v) is 14.3. The second-order valence-corrected chi connectivity index (χ2v) is 7.10. The van der Waals surface area contributed by atoms with Gasteiger partial charge in [0.15, 0.2) is 0 Å². The summed E-state index contributed by atoms with van der Waals surface area (Å²) in [6.07, 6.45) is 0. The van der Waals surface area contributed by atoms with Crippen molar-refractivity contribution in [2.75, 3.05) is 25.1 Å². The van der Waals surface area contributed by atoms with Gasteiger partial charge in [-0.15, -0.1) is 0 Å². The normalized spacial score (nSPS) is 21.3. The molecule has 2 aliphatic heterocycles. The molecular weight excluding hydrogens is 314 g/mol. The Labute approximate surface area is 145 Å². The summed E-state index contributed by atoms with van der Waals surface area (Å²) < 4.78 is 11.8. The highest BCUT2D eigenvalue weighted by Crippen LogP contribution is 2.48. The molecule has 3 aromatic rings. The number of aryl methyl sites for hydroxylation is 1. The van der Waals surface area contributed by atoms with Crippen LogP contribution in [0.4, 0.5) is 5.69 Å². The number of fused-ring (bicyclic) bond motifs is 7. The Morgan fingerprint density at radius 3 is 2.84 bits per heavy atom. The van der Waals surface area contributed by atoms with Gasteiger partial charge in [0.2, 0.25) is 0 Å². The SMILES string of the molecule is Cc1ccc2oc(=O)c3c(c2c1)OC[C@@H]1c2ccccc2N(C)C[C@@H]31. The van der Waals surface area contributed by atoms with E-state index in [2.05, 4.69) is 36.2 Å². The van der Waals surface area contributed by atoms with Crippen LogP contribution in [0, 0.1) is 6.92 Å². The van der Waals surface area contributed by atoms with Gasteiger partial charge < -0.3 is 14.1 Å². The van der Waals surface area contributed by atoms with Crippen molar-refractivity contribution in [3.05, 3.63) is 69.6 Å². The number of rotatable bonds is 0. The summed E-state index contributed by atoms with van der Waals surface area (Å²) in [6, 6.07) is 14.2. The molecule has 1 aromatic heterocycles. The molecule has 3 heterocycles. The van der Waals surface area contributed by atoms with Crippen molar-refractivity contribution in [3.8, 4) is 5.75 Å². The van der Waals surface area contributed by atoms with Crippen molar-refractivity contribution in [2.24, 2.45) is 0 Å².